The molecule has 1 amide bonds. The summed E-state index contributed by atoms with van der Waals surface area (Å²) in [6.07, 6.45) is 1.30. The Balaban J connectivity index is 2.38. The van der Waals surface area contributed by atoms with Crippen LogP contribution in [0.2, 0.25) is 5.28 Å². The van der Waals surface area contributed by atoms with Crippen molar-refractivity contribution in [3.63, 3.8) is 0 Å². The Morgan fingerprint density at radius 2 is 2.10 bits per heavy atom. The summed E-state index contributed by atoms with van der Waals surface area (Å²) < 4.78 is 5.69. The van der Waals surface area contributed by atoms with Crippen molar-refractivity contribution in [3.8, 4) is 5.75 Å². The lowest BCUT2D eigenvalue weighted by molar-refractivity contribution is 0.100. The fraction of sp³-hybridized carbons (Fsp3) is 0.214. The summed E-state index contributed by atoms with van der Waals surface area (Å²) in [5.41, 5.74) is 6.11. The van der Waals surface area contributed by atoms with E-state index < -0.39 is 5.91 Å². The fourth-order valence-corrected chi connectivity index (χ4v) is 1.82. The summed E-state index contributed by atoms with van der Waals surface area (Å²) in [6.45, 7) is 3.85. The van der Waals surface area contributed by atoms with Gasteiger partial charge in [0.1, 0.15) is 17.1 Å². The van der Waals surface area contributed by atoms with Crippen molar-refractivity contribution in [2.45, 2.75) is 20.0 Å². The first-order valence-electron chi connectivity index (χ1n) is 6.32. The standard InChI is InChI=1S/C14H15ClN4O2/c1-8(2)21-11-6-4-3-5-10(11)18-13-9(12(16)20)7-17-14(15)19-13/h3-8H,1-2H3,(H2,16,20)(H,17,18,19). The van der Waals surface area contributed by atoms with Crippen molar-refractivity contribution in [2.24, 2.45) is 5.73 Å². The predicted molar refractivity (Wildman–Crippen MR) is 81.0 cm³/mol. The molecule has 0 fully saturated rings. The molecular weight excluding hydrogens is 292 g/mol. The van der Waals surface area contributed by atoms with Gasteiger partial charge in [0.2, 0.25) is 5.28 Å². The van der Waals surface area contributed by atoms with Gasteiger partial charge in [-0.15, -0.1) is 0 Å². The smallest absolute Gasteiger partial charge is 0.254 e. The number of aromatic nitrogens is 2. The van der Waals surface area contributed by atoms with Crippen LogP contribution < -0.4 is 15.8 Å². The van der Waals surface area contributed by atoms with E-state index in [1.165, 1.54) is 6.20 Å². The van der Waals surface area contributed by atoms with Gasteiger partial charge in [0, 0.05) is 6.20 Å². The first-order chi connectivity index (χ1) is 9.97. The number of halogens is 1. The largest absolute Gasteiger partial charge is 0.489 e. The van der Waals surface area contributed by atoms with Gasteiger partial charge in [0.25, 0.3) is 5.91 Å². The van der Waals surface area contributed by atoms with E-state index in [9.17, 15) is 4.79 Å². The van der Waals surface area contributed by atoms with Gasteiger partial charge in [-0.05, 0) is 37.6 Å². The number of rotatable bonds is 5. The second-order valence-electron chi connectivity index (χ2n) is 4.55. The van der Waals surface area contributed by atoms with E-state index in [1.807, 2.05) is 32.0 Å². The number of ether oxygens (including phenoxy) is 1. The third-order valence-corrected chi connectivity index (χ3v) is 2.71. The van der Waals surface area contributed by atoms with Crippen LogP contribution >= 0.6 is 11.6 Å². The number of amides is 1. The monoisotopic (exact) mass is 306 g/mol. The highest BCUT2D eigenvalue weighted by atomic mass is 35.5. The Morgan fingerprint density at radius 3 is 2.76 bits per heavy atom. The van der Waals surface area contributed by atoms with Crippen LogP contribution in [0, 0.1) is 0 Å². The van der Waals surface area contributed by atoms with Gasteiger partial charge in [-0.25, -0.2) is 4.98 Å². The Kier molecular flexibility index (Phi) is 4.59. The van der Waals surface area contributed by atoms with Gasteiger partial charge in [-0.3, -0.25) is 4.79 Å². The molecule has 0 spiro atoms. The minimum Gasteiger partial charge on any atom is -0.489 e. The molecule has 0 aliphatic carbocycles. The molecule has 7 heteroatoms. The van der Waals surface area contributed by atoms with Gasteiger partial charge in [-0.2, -0.15) is 4.98 Å². The molecule has 0 bridgehead atoms. The minimum absolute atomic E-state index is 0.0116. The number of carbonyl (C=O) groups is 1. The van der Waals surface area contributed by atoms with E-state index >= 15 is 0 Å². The molecule has 0 saturated carbocycles. The normalized spacial score (nSPS) is 10.5. The highest BCUT2D eigenvalue weighted by Crippen LogP contribution is 2.29. The van der Waals surface area contributed by atoms with Gasteiger partial charge < -0.3 is 15.8 Å². The molecule has 1 aromatic heterocycles. The SMILES string of the molecule is CC(C)Oc1ccccc1Nc1nc(Cl)ncc1C(N)=O. The van der Waals surface area contributed by atoms with Gasteiger partial charge in [0.15, 0.2) is 0 Å². The number of hydrogen-bond donors (Lipinski definition) is 2. The van der Waals surface area contributed by atoms with Gasteiger partial charge in [-0.1, -0.05) is 12.1 Å². The summed E-state index contributed by atoms with van der Waals surface area (Å²) in [4.78, 5) is 19.2. The zero-order valence-electron chi connectivity index (χ0n) is 11.6. The fourth-order valence-electron chi connectivity index (χ4n) is 1.69. The van der Waals surface area contributed by atoms with E-state index in [4.69, 9.17) is 22.1 Å². The highest BCUT2D eigenvalue weighted by molar-refractivity contribution is 6.28. The number of nitrogens with one attached hydrogen (secondary N) is 1. The molecule has 2 rings (SSSR count). The predicted octanol–water partition coefficient (Wildman–Crippen LogP) is 2.76. The zero-order valence-corrected chi connectivity index (χ0v) is 12.4. The molecule has 0 saturated heterocycles. The molecule has 1 aromatic carbocycles. The van der Waals surface area contributed by atoms with Crippen LogP contribution in [0.1, 0.15) is 24.2 Å². The van der Waals surface area contributed by atoms with Crippen LogP contribution in [0.4, 0.5) is 11.5 Å². The summed E-state index contributed by atoms with van der Waals surface area (Å²) in [5.74, 6) is 0.233. The maximum absolute atomic E-state index is 11.4. The number of carbonyl (C=O) groups excluding carboxylic acids is 1. The van der Waals surface area contributed by atoms with Crippen LogP contribution in [0.3, 0.4) is 0 Å². The maximum Gasteiger partial charge on any atom is 0.254 e. The maximum atomic E-state index is 11.4. The average Bonchev–Trinajstić information content (AvgIpc) is 2.40. The first kappa shape index (κ1) is 15.1. The van der Waals surface area contributed by atoms with Crippen molar-refractivity contribution < 1.29 is 9.53 Å². The number of primary amides is 1. The zero-order chi connectivity index (χ0) is 15.4. The van der Waals surface area contributed by atoms with Crippen molar-refractivity contribution in [1.82, 2.24) is 9.97 Å². The third-order valence-electron chi connectivity index (χ3n) is 2.53. The van der Waals surface area contributed by atoms with Crippen LogP contribution in [-0.2, 0) is 0 Å². The summed E-state index contributed by atoms with van der Waals surface area (Å²) in [5, 5.41) is 3.03. The van der Waals surface area contributed by atoms with Crippen molar-refractivity contribution in [1.29, 1.82) is 0 Å². The molecule has 0 radical (unpaired) electrons. The highest BCUT2D eigenvalue weighted by Gasteiger charge is 2.14. The van der Waals surface area contributed by atoms with E-state index in [1.54, 1.807) is 6.07 Å². The van der Waals surface area contributed by atoms with Crippen LogP contribution in [0.25, 0.3) is 0 Å². The van der Waals surface area contributed by atoms with E-state index in [2.05, 4.69) is 15.3 Å². The van der Waals surface area contributed by atoms with Crippen LogP contribution in [0.5, 0.6) is 5.75 Å². The molecule has 0 atom stereocenters. The molecule has 110 valence electrons. The van der Waals surface area contributed by atoms with Crippen LogP contribution in [0.15, 0.2) is 30.5 Å². The quantitative estimate of drug-likeness (QED) is 0.829. The molecule has 1 heterocycles. The molecule has 0 aliphatic heterocycles. The molecule has 21 heavy (non-hydrogen) atoms. The topological polar surface area (TPSA) is 90.1 Å². The van der Waals surface area contributed by atoms with Crippen molar-refractivity contribution in [3.05, 3.63) is 41.3 Å². The molecule has 0 unspecified atom stereocenters. The Labute approximate surface area is 127 Å². The second-order valence-corrected chi connectivity index (χ2v) is 4.89. The third kappa shape index (κ3) is 3.82. The van der Waals surface area contributed by atoms with Crippen molar-refractivity contribution >= 4 is 29.0 Å². The Hall–Kier alpha value is -2.34. The number of benzene rings is 1. The molecular formula is C14H15ClN4O2. The number of nitrogens with zero attached hydrogens (tertiary/aromatic N) is 2. The van der Waals surface area contributed by atoms with Gasteiger partial charge >= 0.3 is 0 Å². The van der Waals surface area contributed by atoms with E-state index in [0.717, 1.165) is 0 Å². The Morgan fingerprint density at radius 1 is 1.38 bits per heavy atom. The first-order valence-corrected chi connectivity index (χ1v) is 6.70. The number of nitrogens with two attached hydrogens (primary N) is 1. The van der Waals surface area contributed by atoms with Gasteiger partial charge in [0.05, 0.1) is 11.8 Å². The lowest BCUT2D eigenvalue weighted by Crippen LogP contribution is -2.15. The second kappa shape index (κ2) is 6.41. The Bertz CT molecular complexity index is 661. The van der Waals surface area contributed by atoms with Crippen molar-refractivity contribution in [2.75, 3.05) is 5.32 Å². The minimum atomic E-state index is -0.642. The molecule has 3 N–H and O–H groups in total. The van der Waals surface area contributed by atoms with E-state index in [0.29, 0.717) is 11.4 Å². The molecule has 2 aromatic rings. The number of hydrogen-bond acceptors (Lipinski definition) is 5. The average molecular weight is 307 g/mol. The number of anilines is 2. The van der Waals surface area contributed by atoms with Crippen LogP contribution in [-0.4, -0.2) is 22.0 Å². The summed E-state index contributed by atoms with van der Waals surface area (Å²) in [7, 11) is 0. The lowest BCUT2D eigenvalue weighted by atomic mass is 10.2. The van der Waals surface area contributed by atoms with E-state index in [-0.39, 0.29) is 22.8 Å². The molecule has 0 aliphatic rings. The summed E-state index contributed by atoms with van der Waals surface area (Å²) >= 11 is 5.77. The molecule has 6 nitrogen and oxygen atoms in total. The lowest BCUT2D eigenvalue weighted by Gasteiger charge is -2.16. The number of para-hydroxylation sites is 2. The summed E-state index contributed by atoms with van der Waals surface area (Å²) in [6, 6.07) is 7.31.